The number of nitrogens with one attached hydrogen (secondary N) is 1. The third-order valence-electron chi connectivity index (χ3n) is 3.68. The molecule has 0 heterocycles. The predicted octanol–water partition coefficient (Wildman–Crippen LogP) is 4.01. The Morgan fingerprint density at radius 1 is 1.16 bits per heavy atom. The van der Waals surface area contributed by atoms with Gasteiger partial charge < -0.3 is 4.90 Å². The first-order valence-electron chi connectivity index (χ1n) is 7.97. The summed E-state index contributed by atoms with van der Waals surface area (Å²) in [6.45, 7) is 2.68. The molecule has 0 atom stereocenters. The third-order valence-corrected chi connectivity index (χ3v) is 5.31. The van der Waals surface area contributed by atoms with Gasteiger partial charge in [0.15, 0.2) is 0 Å². The summed E-state index contributed by atoms with van der Waals surface area (Å²) < 4.78 is 27.5. The van der Waals surface area contributed by atoms with Gasteiger partial charge in [-0.1, -0.05) is 31.0 Å². The first-order chi connectivity index (χ1) is 11.8. The Morgan fingerprint density at radius 3 is 2.48 bits per heavy atom. The number of rotatable bonds is 7. The van der Waals surface area contributed by atoms with E-state index in [-0.39, 0.29) is 10.8 Å². The molecule has 1 N–H and O–H groups in total. The summed E-state index contributed by atoms with van der Waals surface area (Å²) in [5, 5.41) is 0.519. The van der Waals surface area contributed by atoms with Crippen LogP contribution in [0.5, 0.6) is 0 Å². The van der Waals surface area contributed by atoms with Gasteiger partial charge in [0.05, 0.1) is 4.90 Å². The van der Waals surface area contributed by atoms with Crippen LogP contribution in [0.25, 0.3) is 0 Å². The fourth-order valence-corrected chi connectivity index (χ4v) is 3.48. The lowest BCUT2D eigenvalue weighted by molar-refractivity contribution is 0.0793. The molecule has 0 saturated heterocycles. The van der Waals surface area contributed by atoms with E-state index in [2.05, 4.69) is 4.72 Å². The van der Waals surface area contributed by atoms with Gasteiger partial charge in [-0.3, -0.25) is 9.52 Å². The molecule has 134 valence electrons. The summed E-state index contributed by atoms with van der Waals surface area (Å²) in [5.41, 5.74) is 0.749. The van der Waals surface area contributed by atoms with Crippen LogP contribution in [0, 0.1) is 0 Å². The van der Waals surface area contributed by atoms with Crippen LogP contribution in [0.2, 0.25) is 5.02 Å². The summed E-state index contributed by atoms with van der Waals surface area (Å²) in [6.07, 6.45) is 1.88. The lowest BCUT2D eigenvalue weighted by Gasteiger charge is -2.17. The van der Waals surface area contributed by atoms with E-state index >= 15 is 0 Å². The minimum Gasteiger partial charge on any atom is -0.342 e. The lowest BCUT2D eigenvalue weighted by Crippen LogP contribution is -2.27. The molecule has 25 heavy (non-hydrogen) atoms. The van der Waals surface area contributed by atoms with Crippen molar-refractivity contribution < 1.29 is 13.2 Å². The fourth-order valence-electron chi connectivity index (χ4n) is 2.25. The molecule has 5 nitrogen and oxygen atoms in total. The molecule has 1 amide bonds. The van der Waals surface area contributed by atoms with Gasteiger partial charge >= 0.3 is 0 Å². The molecule has 0 bridgehead atoms. The van der Waals surface area contributed by atoms with Gasteiger partial charge in [0.1, 0.15) is 0 Å². The average Bonchev–Trinajstić information content (AvgIpc) is 2.61. The number of carbonyl (C=O) groups is 1. The van der Waals surface area contributed by atoms with E-state index in [0.717, 1.165) is 12.8 Å². The van der Waals surface area contributed by atoms with E-state index in [1.807, 2.05) is 6.92 Å². The lowest BCUT2D eigenvalue weighted by atomic mass is 10.2. The van der Waals surface area contributed by atoms with Crippen LogP contribution >= 0.6 is 11.6 Å². The minimum absolute atomic E-state index is 0.0391. The van der Waals surface area contributed by atoms with Crippen LogP contribution in [-0.4, -0.2) is 32.8 Å². The Balaban J connectivity index is 2.21. The second kappa shape index (κ2) is 8.36. The fraction of sp³-hybridized carbons (Fsp3) is 0.278. The smallest absolute Gasteiger partial charge is 0.261 e. The maximum Gasteiger partial charge on any atom is 0.261 e. The second-order valence-corrected chi connectivity index (χ2v) is 7.84. The summed E-state index contributed by atoms with van der Waals surface area (Å²) in [7, 11) is -2.08. The van der Waals surface area contributed by atoms with E-state index in [4.69, 9.17) is 11.6 Å². The van der Waals surface area contributed by atoms with Crippen molar-refractivity contribution in [3.05, 3.63) is 59.1 Å². The molecule has 0 aliphatic rings. The van der Waals surface area contributed by atoms with Crippen molar-refractivity contribution in [1.82, 2.24) is 4.90 Å². The zero-order chi connectivity index (χ0) is 18.4. The topological polar surface area (TPSA) is 66.5 Å². The number of unbranched alkanes of at least 4 members (excludes halogenated alkanes) is 1. The van der Waals surface area contributed by atoms with Gasteiger partial charge in [0.25, 0.3) is 15.9 Å². The quantitative estimate of drug-likeness (QED) is 0.789. The van der Waals surface area contributed by atoms with Gasteiger partial charge in [-0.15, -0.1) is 0 Å². The molecule has 0 saturated carbocycles. The summed E-state index contributed by atoms with van der Waals surface area (Å²) >= 11 is 5.80. The van der Waals surface area contributed by atoms with Crippen LogP contribution in [0.1, 0.15) is 30.1 Å². The molecular formula is C18H21ClN2O3S. The van der Waals surface area contributed by atoms with Crippen molar-refractivity contribution in [1.29, 1.82) is 0 Å². The molecule has 0 aliphatic carbocycles. The van der Waals surface area contributed by atoms with Crippen LogP contribution in [-0.2, 0) is 10.0 Å². The number of hydrogen-bond donors (Lipinski definition) is 1. The van der Waals surface area contributed by atoms with Crippen molar-refractivity contribution in [3.8, 4) is 0 Å². The number of amides is 1. The molecule has 2 aromatic rings. The standard InChI is InChI=1S/C18H21ClN2O3S/c1-3-4-12-21(2)18(22)14-6-5-7-17(13-14)25(23,24)20-16-10-8-15(19)9-11-16/h5-11,13,20H,3-4,12H2,1-2H3. The van der Waals surface area contributed by atoms with Crippen molar-refractivity contribution in [2.45, 2.75) is 24.7 Å². The Kier molecular flexibility index (Phi) is 6.45. The van der Waals surface area contributed by atoms with Crippen molar-refractivity contribution >= 4 is 33.2 Å². The molecule has 2 aromatic carbocycles. The molecule has 0 fully saturated rings. The zero-order valence-electron chi connectivity index (χ0n) is 14.2. The summed E-state index contributed by atoms with van der Waals surface area (Å²) in [5.74, 6) is -0.197. The second-order valence-electron chi connectivity index (χ2n) is 5.72. The van der Waals surface area contributed by atoms with E-state index in [9.17, 15) is 13.2 Å². The van der Waals surface area contributed by atoms with Crippen molar-refractivity contribution in [3.63, 3.8) is 0 Å². The van der Waals surface area contributed by atoms with Gasteiger partial charge in [0, 0.05) is 29.9 Å². The number of anilines is 1. The first-order valence-corrected chi connectivity index (χ1v) is 9.83. The van der Waals surface area contributed by atoms with Crippen molar-refractivity contribution in [2.75, 3.05) is 18.3 Å². The molecular weight excluding hydrogens is 360 g/mol. The van der Waals surface area contributed by atoms with Crippen LogP contribution in [0.3, 0.4) is 0 Å². The van der Waals surface area contributed by atoms with Gasteiger partial charge in [-0.25, -0.2) is 8.42 Å². The van der Waals surface area contributed by atoms with E-state index < -0.39 is 10.0 Å². The predicted molar refractivity (Wildman–Crippen MR) is 101 cm³/mol. The Labute approximate surface area is 153 Å². The highest BCUT2D eigenvalue weighted by molar-refractivity contribution is 7.92. The Morgan fingerprint density at radius 2 is 1.84 bits per heavy atom. The SMILES string of the molecule is CCCCN(C)C(=O)c1cccc(S(=O)(=O)Nc2ccc(Cl)cc2)c1. The van der Waals surface area contributed by atoms with E-state index in [1.165, 1.54) is 12.1 Å². The Bertz CT molecular complexity index is 836. The minimum atomic E-state index is -3.79. The molecule has 0 aromatic heterocycles. The van der Waals surface area contributed by atoms with Crippen LogP contribution < -0.4 is 4.72 Å². The van der Waals surface area contributed by atoms with Crippen molar-refractivity contribution in [2.24, 2.45) is 0 Å². The maximum atomic E-state index is 12.5. The average molecular weight is 381 g/mol. The van der Waals surface area contributed by atoms with Crippen LogP contribution in [0.15, 0.2) is 53.4 Å². The highest BCUT2D eigenvalue weighted by Crippen LogP contribution is 2.19. The molecule has 7 heteroatoms. The number of carbonyl (C=O) groups excluding carboxylic acids is 1. The number of halogens is 1. The number of benzene rings is 2. The van der Waals surface area contributed by atoms with Gasteiger partial charge in [-0.05, 0) is 48.9 Å². The molecule has 0 aliphatic heterocycles. The normalized spacial score (nSPS) is 11.2. The molecule has 2 rings (SSSR count). The zero-order valence-corrected chi connectivity index (χ0v) is 15.8. The number of sulfonamides is 1. The number of hydrogen-bond acceptors (Lipinski definition) is 3. The molecule has 0 unspecified atom stereocenters. The van der Waals surface area contributed by atoms with E-state index in [1.54, 1.807) is 48.3 Å². The summed E-state index contributed by atoms with van der Waals surface area (Å²) in [4.78, 5) is 14.1. The van der Waals surface area contributed by atoms with Gasteiger partial charge in [0.2, 0.25) is 0 Å². The summed E-state index contributed by atoms with van der Waals surface area (Å²) in [6, 6.07) is 12.4. The number of nitrogens with zero attached hydrogens (tertiary/aromatic N) is 1. The molecule has 0 spiro atoms. The highest BCUT2D eigenvalue weighted by Gasteiger charge is 2.18. The van der Waals surface area contributed by atoms with Gasteiger partial charge in [-0.2, -0.15) is 0 Å². The molecule has 0 radical (unpaired) electrons. The highest BCUT2D eigenvalue weighted by atomic mass is 35.5. The first kappa shape index (κ1) is 19.3. The third kappa shape index (κ3) is 5.21. The van der Waals surface area contributed by atoms with E-state index in [0.29, 0.717) is 22.8 Å². The van der Waals surface area contributed by atoms with Crippen LogP contribution in [0.4, 0.5) is 5.69 Å². The monoisotopic (exact) mass is 380 g/mol. The Hall–Kier alpha value is -2.05. The largest absolute Gasteiger partial charge is 0.342 e. The maximum absolute atomic E-state index is 12.5.